The van der Waals surface area contributed by atoms with Crippen LogP contribution in [0, 0.1) is 5.92 Å². The lowest BCUT2D eigenvalue weighted by molar-refractivity contribution is -0.137. The minimum atomic E-state index is -0.959. The van der Waals surface area contributed by atoms with Gasteiger partial charge in [-0.1, -0.05) is 0 Å². The highest BCUT2D eigenvalue weighted by Gasteiger charge is 2.35. The predicted octanol–water partition coefficient (Wildman–Crippen LogP) is 1.46. The van der Waals surface area contributed by atoms with Crippen molar-refractivity contribution in [3.05, 3.63) is 24.0 Å². The van der Waals surface area contributed by atoms with Gasteiger partial charge in [-0.15, -0.1) is 0 Å². The van der Waals surface area contributed by atoms with Gasteiger partial charge < -0.3 is 19.3 Å². The fourth-order valence-corrected chi connectivity index (χ4v) is 2.55. The maximum atomic E-state index is 12.7. The molecule has 116 valence electrons. The van der Waals surface area contributed by atoms with Gasteiger partial charge in [-0.25, -0.2) is 0 Å². The van der Waals surface area contributed by atoms with Crippen LogP contribution >= 0.6 is 0 Å². The van der Waals surface area contributed by atoms with Gasteiger partial charge in [-0.2, -0.15) is 0 Å². The molecule has 1 aromatic heterocycles. The molecule has 1 aliphatic carbocycles. The van der Waals surface area contributed by atoms with E-state index in [1.807, 2.05) is 0 Å². The number of carboxylic acids is 1. The number of methoxy groups -OCH3 is 1. The summed E-state index contributed by atoms with van der Waals surface area (Å²) in [7, 11) is 1.61. The Kier molecular flexibility index (Phi) is 5.01. The number of ether oxygens (including phenoxy) is 1. The maximum absolute atomic E-state index is 12.7. The van der Waals surface area contributed by atoms with Crippen LogP contribution in [-0.2, 0) is 16.1 Å². The summed E-state index contributed by atoms with van der Waals surface area (Å²) < 4.78 is 6.57. The van der Waals surface area contributed by atoms with Crippen LogP contribution in [-0.4, -0.2) is 52.8 Å². The molecule has 1 atom stereocenters. The lowest BCUT2D eigenvalue weighted by Crippen LogP contribution is -2.42. The van der Waals surface area contributed by atoms with Crippen molar-refractivity contribution in [3.8, 4) is 0 Å². The molecule has 6 nitrogen and oxygen atoms in total. The molecule has 0 aromatic carbocycles. The van der Waals surface area contributed by atoms with Crippen LogP contribution in [0.25, 0.3) is 0 Å². The zero-order valence-corrected chi connectivity index (χ0v) is 12.5. The number of hydrogen-bond acceptors (Lipinski definition) is 3. The smallest absolute Gasteiger partial charge is 0.323 e. The molecule has 1 heterocycles. The van der Waals surface area contributed by atoms with Crippen molar-refractivity contribution in [1.82, 2.24) is 9.47 Å². The molecular formula is C15H22N2O4. The summed E-state index contributed by atoms with van der Waals surface area (Å²) in [6.45, 7) is 2.84. The lowest BCUT2D eigenvalue weighted by atomic mass is 10.1. The van der Waals surface area contributed by atoms with E-state index in [2.05, 4.69) is 6.92 Å². The Hall–Kier alpha value is -1.82. The fourth-order valence-electron chi connectivity index (χ4n) is 2.55. The second kappa shape index (κ2) is 6.76. The zero-order chi connectivity index (χ0) is 15.4. The van der Waals surface area contributed by atoms with Crippen LogP contribution in [0.3, 0.4) is 0 Å². The average Bonchev–Trinajstić information content (AvgIpc) is 3.19. The molecule has 1 saturated carbocycles. The first kappa shape index (κ1) is 15.6. The SMILES string of the molecule is COCCN(C(=O)c1cccn1CC(=O)O)C(C)C1CC1. The van der Waals surface area contributed by atoms with Crippen LogP contribution in [0.1, 0.15) is 30.3 Å². The Balaban J connectivity index is 2.16. The largest absolute Gasteiger partial charge is 0.480 e. The van der Waals surface area contributed by atoms with Crippen molar-refractivity contribution >= 4 is 11.9 Å². The highest BCUT2D eigenvalue weighted by Crippen LogP contribution is 2.35. The third kappa shape index (κ3) is 3.85. The summed E-state index contributed by atoms with van der Waals surface area (Å²) in [5.41, 5.74) is 0.418. The van der Waals surface area contributed by atoms with Crippen LogP contribution < -0.4 is 0 Å². The molecule has 21 heavy (non-hydrogen) atoms. The summed E-state index contributed by atoms with van der Waals surface area (Å²) in [6, 6.07) is 3.53. The van der Waals surface area contributed by atoms with E-state index in [4.69, 9.17) is 9.84 Å². The normalized spacial score (nSPS) is 15.7. The van der Waals surface area contributed by atoms with Gasteiger partial charge in [0.2, 0.25) is 0 Å². The number of amides is 1. The highest BCUT2D eigenvalue weighted by atomic mass is 16.5. The minimum Gasteiger partial charge on any atom is -0.480 e. The number of rotatable bonds is 8. The Morgan fingerprint density at radius 1 is 1.52 bits per heavy atom. The van der Waals surface area contributed by atoms with Gasteiger partial charge in [0.1, 0.15) is 12.2 Å². The van der Waals surface area contributed by atoms with E-state index in [-0.39, 0.29) is 18.5 Å². The van der Waals surface area contributed by atoms with E-state index in [0.29, 0.717) is 24.8 Å². The summed E-state index contributed by atoms with van der Waals surface area (Å²) in [4.78, 5) is 25.4. The molecule has 0 spiro atoms. The Labute approximate surface area is 124 Å². The van der Waals surface area contributed by atoms with Gasteiger partial charge >= 0.3 is 5.97 Å². The molecule has 1 unspecified atom stereocenters. The molecule has 1 aromatic rings. The number of hydrogen-bond donors (Lipinski definition) is 1. The van der Waals surface area contributed by atoms with Gasteiger partial charge in [-0.05, 0) is 37.8 Å². The molecule has 1 amide bonds. The molecular weight excluding hydrogens is 272 g/mol. The van der Waals surface area contributed by atoms with Crippen LogP contribution in [0.4, 0.5) is 0 Å². The first-order chi connectivity index (χ1) is 10.0. The number of carbonyl (C=O) groups excluding carboxylic acids is 1. The lowest BCUT2D eigenvalue weighted by Gasteiger charge is -2.29. The predicted molar refractivity (Wildman–Crippen MR) is 77.2 cm³/mol. The quantitative estimate of drug-likeness (QED) is 0.788. The average molecular weight is 294 g/mol. The molecule has 1 N–H and O–H groups in total. The monoisotopic (exact) mass is 294 g/mol. The van der Waals surface area contributed by atoms with E-state index >= 15 is 0 Å². The highest BCUT2D eigenvalue weighted by molar-refractivity contribution is 5.93. The molecule has 1 aliphatic rings. The van der Waals surface area contributed by atoms with Crippen LogP contribution in [0.15, 0.2) is 18.3 Å². The Morgan fingerprint density at radius 2 is 2.24 bits per heavy atom. The summed E-state index contributed by atoms with van der Waals surface area (Å²) in [5.74, 6) is -0.537. The fraction of sp³-hybridized carbons (Fsp3) is 0.600. The van der Waals surface area contributed by atoms with Gasteiger partial charge in [-0.3, -0.25) is 9.59 Å². The van der Waals surface area contributed by atoms with Gasteiger partial charge in [0, 0.05) is 25.9 Å². The second-order valence-electron chi connectivity index (χ2n) is 5.48. The summed E-state index contributed by atoms with van der Waals surface area (Å²) >= 11 is 0. The molecule has 0 aliphatic heterocycles. The Bertz CT molecular complexity index is 508. The molecule has 0 saturated heterocycles. The van der Waals surface area contributed by atoms with Crippen molar-refractivity contribution in [1.29, 1.82) is 0 Å². The van der Waals surface area contributed by atoms with Crippen molar-refractivity contribution in [3.63, 3.8) is 0 Å². The molecule has 6 heteroatoms. The van der Waals surface area contributed by atoms with Crippen LogP contribution in [0.5, 0.6) is 0 Å². The molecule has 1 fully saturated rings. The maximum Gasteiger partial charge on any atom is 0.323 e. The third-order valence-corrected chi connectivity index (χ3v) is 3.95. The first-order valence-corrected chi connectivity index (χ1v) is 7.21. The second-order valence-corrected chi connectivity index (χ2v) is 5.48. The minimum absolute atomic E-state index is 0.127. The van der Waals surface area contributed by atoms with E-state index < -0.39 is 5.97 Å². The van der Waals surface area contributed by atoms with Crippen molar-refractivity contribution in [2.24, 2.45) is 5.92 Å². The van der Waals surface area contributed by atoms with Gasteiger partial charge in [0.05, 0.1) is 6.61 Å². The van der Waals surface area contributed by atoms with E-state index in [1.54, 1.807) is 30.3 Å². The number of aliphatic carboxylic acids is 1. The zero-order valence-electron chi connectivity index (χ0n) is 12.5. The molecule has 0 radical (unpaired) electrons. The number of nitrogens with zero attached hydrogens (tertiary/aromatic N) is 2. The van der Waals surface area contributed by atoms with E-state index in [1.165, 1.54) is 4.57 Å². The standard InChI is InChI=1S/C15H22N2O4/c1-11(12-5-6-12)17(8-9-21-2)15(20)13-4-3-7-16(13)10-14(18)19/h3-4,7,11-12H,5-6,8-10H2,1-2H3,(H,18,19). The van der Waals surface area contributed by atoms with E-state index in [9.17, 15) is 9.59 Å². The molecule has 2 rings (SSSR count). The number of carbonyl (C=O) groups is 2. The first-order valence-electron chi connectivity index (χ1n) is 7.21. The van der Waals surface area contributed by atoms with E-state index in [0.717, 1.165) is 12.8 Å². The number of carboxylic acid groups (broad SMARTS) is 1. The number of aromatic nitrogens is 1. The van der Waals surface area contributed by atoms with Crippen molar-refractivity contribution < 1.29 is 19.4 Å². The molecule has 0 bridgehead atoms. The topological polar surface area (TPSA) is 71.8 Å². The van der Waals surface area contributed by atoms with Crippen molar-refractivity contribution in [2.45, 2.75) is 32.4 Å². The van der Waals surface area contributed by atoms with Crippen LogP contribution in [0.2, 0.25) is 0 Å². The Morgan fingerprint density at radius 3 is 2.81 bits per heavy atom. The van der Waals surface area contributed by atoms with Gasteiger partial charge in [0.15, 0.2) is 0 Å². The van der Waals surface area contributed by atoms with Gasteiger partial charge in [0.25, 0.3) is 5.91 Å². The third-order valence-electron chi connectivity index (χ3n) is 3.95. The summed E-state index contributed by atoms with van der Waals surface area (Å²) in [5, 5.41) is 8.91. The summed E-state index contributed by atoms with van der Waals surface area (Å²) in [6.07, 6.45) is 3.92. The van der Waals surface area contributed by atoms with Crippen molar-refractivity contribution in [2.75, 3.05) is 20.3 Å².